The minimum absolute atomic E-state index is 0. The fraction of sp³-hybridized carbons (Fsp3) is 0.381. The SMILES string of the molecule is CN=C(NCCc1ccc(OC)c(OC(F)F)c1)NCc1ccc(OC)cc1OC.I. The average Bonchev–Trinajstić information content (AvgIpc) is 2.75. The lowest BCUT2D eigenvalue weighted by Gasteiger charge is -2.15. The first kappa shape index (κ1) is 26.5. The minimum Gasteiger partial charge on any atom is -0.497 e. The molecule has 7 nitrogen and oxygen atoms in total. The molecule has 0 saturated heterocycles. The number of ether oxygens (including phenoxy) is 4. The number of nitrogens with one attached hydrogen (secondary N) is 2. The van der Waals surface area contributed by atoms with Crippen molar-refractivity contribution >= 4 is 29.9 Å². The van der Waals surface area contributed by atoms with Crippen molar-refractivity contribution in [1.29, 1.82) is 0 Å². The molecule has 0 bridgehead atoms. The Morgan fingerprint density at radius 3 is 2.29 bits per heavy atom. The van der Waals surface area contributed by atoms with Gasteiger partial charge in [-0.15, -0.1) is 24.0 Å². The zero-order valence-corrected chi connectivity index (χ0v) is 20.2. The number of benzene rings is 2. The van der Waals surface area contributed by atoms with E-state index in [2.05, 4.69) is 20.4 Å². The lowest BCUT2D eigenvalue weighted by molar-refractivity contribution is -0.0512. The molecule has 0 aliphatic rings. The molecule has 0 atom stereocenters. The van der Waals surface area contributed by atoms with Gasteiger partial charge in [-0.2, -0.15) is 8.78 Å². The number of alkyl halides is 2. The van der Waals surface area contributed by atoms with E-state index >= 15 is 0 Å². The molecular weight excluding hydrogens is 523 g/mol. The minimum atomic E-state index is -2.91. The van der Waals surface area contributed by atoms with Gasteiger partial charge < -0.3 is 29.6 Å². The molecule has 2 aromatic rings. The van der Waals surface area contributed by atoms with Gasteiger partial charge in [-0.3, -0.25) is 4.99 Å². The van der Waals surface area contributed by atoms with Gasteiger partial charge in [0.1, 0.15) is 11.5 Å². The van der Waals surface area contributed by atoms with E-state index in [4.69, 9.17) is 14.2 Å². The van der Waals surface area contributed by atoms with Crippen LogP contribution in [-0.2, 0) is 13.0 Å². The maximum atomic E-state index is 12.6. The normalized spacial score (nSPS) is 10.9. The molecule has 2 rings (SSSR count). The Hall–Kier alpha value is -2.50. The molecule has 172 valence electrons. The van der Waals surface area contributed by atoms with Crippen molar-refractivity contribution in [2.45, 2.75) is 19.6 Å². The highest BCUT2D eigenvalue weighted by Crippen LogP contribution is 2.29. The fourth-order valence-corrected chi connectivity index (χ4v) is 2.79. The first-order chi connectivity index (χ1) is 14.5. The largest absolute Gasteiger partial charge is 0.497 e. The van der Waals surface area contributed by atoms with Gasteiger partial charge in [-0.1, -0.05) is 6.07 Å². The molecule has 0 heterocycles. The summed E-state index contributed by atoms with van der Waals surface area (Å²) in [6.07, 6.45) is 0.580. The van der Waals surface area contributed by atoms with Crippen molar-refractivity contribution in [3.05, 3.63) is 47.5 Å². The van der Waals surface area contributed by atoms with Crippen LogP contribution in [0.25, 0.3) is 0 Å². The van der Waals surface area contributed by atoms with Crippen LogP contribution in [-0.4, -0.2) is 47.5 Å². The van der Waals surface area contributed by atoms with Gasteiger partial charge in [0.25, 0.3) is 0 Å². The van der Waals surface area contributed by atoms with E-state index in [9.17, 15) is 8.78 Å². The Morgan fingerprint density at radius 2 is 1.68 bits per heavy atom. The molecule has 2 aromatic carbocycles. The van der Waals surface area contributed by atoms with E-state index in [0.717, 1.165) is 11.1 Å². The lowest BCUT2D eigenvalue weighted by Crippen LogP contribution is -2.37. The predicted molar refractivity (Wildman–Crippen MR) is 126 cm³/mol. The highest BCUT2D eigenvalue weighted by atomic mass is 127. The quantitative estimate of drug-likeness (QED) is 0.266. The fourth-order valence-electron chi connectivity index (χ4n) is 2.79. The molecule has 0 aliphatic heterocycles. The van der Waals surface area contributed by atoms with Crippen molar-refractivity contribution in [1.82, 2.24) is 10.6 Å². The molecule has 0 fully saturated rings. The van der Waals surface area contributed by atoms with Crippen molar-refractivity contribution in [3.8, 4) is 23.0 Å². The van der Waals surface area contributed by atoms with Crippen LogP contribution in [0.2, 0.25) is 0 Å². The van der Waals surface area contributed by atoms with E-state index in [1.54, 1.807) is 39.5 Å². The zero-order chi connectivity index (χ0) is 21.9. The Morgan fingerprint density at radius 1 is 0.935 bits per heavy atom. The third kappa shape index (κ3) is 8.27. The molecule has 0 saturated carbocycles. The maximum absolute atomic E-state index is 12.6. The number of hydrogen-bond donors (Lipinski definition) is 2. The molecule has 10 heteroatoms. The van der Waals surface area contributed by atoms with E-state index in [1.165, 1.54) is 7.11 Å². The summed E-state index contributed by atoms with van der Waals surface area (Å²) in [5.74, 6) is 2.30. The van der Waals surface area contributed by atoms with E-state index < -0.39 is 6.61 Å². The van der Waals surface area contributed by atoms with Crippen molar-refractivity contribution < 1.29 is 27.7 Å². The van der Waals surface area contributed by atoms with Crippen LogP contribution in [0.3, 0.4) is 0 Å². The molecule has 0 amide bonds. The van der Waals surface area contributed by atoms with Crippen LogP contribution in [0, 0.1) is 0 Å². The summed E-state index contributed by atoms with van der Waals surface area (Å²) in [6, 6.07) is 10.5. The van der Waals surface area contributed by atoms with Gasteiger partial charge in [0.05, 0.1) is 21.3 Å². The van der Waals surface area contributed by atoms with Crippen LogP contribution in [0.5, 0.6) is 23.0 Å². The highest BCUT2D eigenvalue weighted by Gasteiger charge is 2.11. The second kappa shape index (κ2) is 13.7. The van der Waals surface area contributed by atoms with Crippen LogP contribution in [0.15, 0.2) is 41.4 Å². The smallest absolute Gasteiger partial charge is 0.387 e. The molecule has 2 N–H and O–H groups in total. The Bertz CT molecular complexity index is 853. The first-order valence-electron chi connectivity index (χ1n) is 9.27. The number of hydrogen-bond acceptors (Lipinski definition) is 5. The van der Waals surface area contributed by atoms with Crippen molar-refractivity contribution in [2.75, 3.05) is 34.9 Å². The van der Waals surface area contributed by atoms with Gasteiger partial charge >= 0.3 is 6.61 Å². The maximum Gasteiger partial charge on any atom is 0.387 e. The van der Waals surface area contributed by atoms with Gasteiger partial charge in [0, 0.05) is 31.8 Å². The summed E-state index contributed by atoms with van der Waals surface area (Å²) in [5.41, 5.74) is 1.77. The summed E-state index contributed by atoms with van der Waals surface area (Å²) in [4.78, 5) is 4.19. The topological polar surface area (TPSA) is 73.3 Å². The first-order valence-corrected chi connectivity index (χ1v) is 9.27. The number of halogens is 3. The third-order valence-corrected chi connectivity index (χ3v) is 4.31. The molecular formula is C21H28F2IN3O4. The molecule has 0 aromatic heterocycles. The predicted octanol–water partition coefficient (Wildman–Crippen LogP) is 3.84. The van der Waals surface area contributed by atoms with Gasteiger partial charge in [-0.05, 0) is 36.2 Å². The number of rotatable bonds is 10. The molecule has 0 aliphatic carbocycles. The summed E-state index contributed by atoms with van der Waals surface area (Å²) < 4.78 is 45.3. The number of guanidine groups is 1. The second-order valence-corrected chi connectivity index (χ2v) is 6.14. The summed E-state index contributed by atoms with van der Waals surface area (Å²) >= 11 is 0. The average molecular weight is 551 g/mol. The van der Waals surface area contributed by atoms with Crippen molar-refractivity contribution in [2.24, 2.45) is 4.99 Å². The van der Waals surface area contributed by atoms with Crippen LogP contribution in [0.1, 0.15) is 11.1 Å². The molecule has 0 radical (unpaired) electrons. The monoisotopic (exact) mass is 551 g/mol. The lowest BCUT2D eigenvalue weighted by atomic mass is 10.1. The summed E-state index contributed by atoms with van der Waals surface area (Å²) in [5, 5.41) is 6.40. The van der Waals surface area contributed by atoms with Crippen LogP contribution >= 0.6 is 24.0 Å². The number of nitrogens with zero attached hydrogens (tertiary/aromatic N) is 1. The Labute approximate surface area is 198 Å². The van der Waals surface area contributed by atoms with Gasteiger partial charge in [0.2, 0.25) is 0 Å². The summed E-state index contributed by atoms with van der Waals surface area (Å²) in [7, 11) is 6.28. The molecule has 31 heavy (non-hydrogen) atoms. The number of methoxy groups -OCH3 is 3. The van der Waals surface area contributed by atoms with Crippen molar-refractivity contribution in [3.63, 3.8) is 0 Å². The molecule has 0 unspecified atom stereocenters. The highest BCUT2D eigenvalue weighted by molar-refractivity contribution is 14.0. The summed E-state index contributed by atoms with van der Waals surface area (Å²) in [6.45, 7) is -1.87. The standard InChI is InChI=1S/C21H27F2N3O4.HI/c1-24-21(26-13-15-6-7-16(27-2)12-18(15)29-4)25-10-9-14-5-8-17(28-3)19(11-14)30-20(22)23;/h5-8,11-12,20H,9-10,13H2,1-4H3,(H2,24,25,26);1H. The van der Waals surface area contributed by atoms with Crippen LogP contribution in [0.4, 0.5) is 8.78 Å². The Kier molecular flexibility index (Phi) is 11.8. The zero-order valence-electron chi connectivity index (χ0n) is 17.9. The Balaban J connectivity index is 0.00000480. The second-order valence-electron chi connectivity index (χ2n) is 6.14. The van der Waals surface area contributed by atoms with Crippen LogP contribution < -0.4 is 29.6 Å². The third-order valence-electron chi connectivity index (χ3n) is 4.31. The molecule has 0 spiro atoms. The van der Waals surface area contributed by atoms with E-state index in [0.29, 0.717) is 37.0 Å². The van der Waals surface area contributed by atoms with Gasteiger partial charge in [-0.25, -0.2) is 0 Å². The van der Waals surface area contributed by atoms with E-state index in [-0.39, 0.29) is 35.5 Å². The number of aliphatic imine (C=N–C) groups is 1. The van der Waals surface area contributed by atoms with E-state index in [1.807, 2.05) is 18.2 Å². The van der Waals surface area contributed by atoms with Gasteiger partial charge in [0.15, 0.2) is 17.5 Å².